The topological polar surface area (TPSA) is 52.0 Å². The maximum absolute atomic E-state index is 6.13. The molecule has 0 amide bonds. The molecule has 18 heavy (non-hydrogen) atoms. The van der Waals surface area contributed by atoms with Gasteiger partial charge in [0, 0.05) is 11.8 Å². The number of hydrogen-bond acceptors (Lipinski definition) is 3. The Bertz CT molecular complexity index is 737. The van der Waals surface area contributed by atoms with Gasteiger partial charge in [0.1, 0.15) is 5.52 Å². The van der Waals surface area contributed by atoms with Gasteiger partial charge in [-0.1, -0.05) is 29.3 Å². The molecule has 0 aliphatic carbocycles. The van der Waals surface area contributed by atoms with Crippen LogP contribution in [0.5, 0.6) is 0 Å². The number of fused-ring (bicyclic) bond motifs is 1. The van der Waals surface area contributed by atoms with Gasteiger partial charge >= 0.3 is 0 Å². The first kappa shape index (κ1) is 11.4. The van der Waals surface area contributed by atoms with Crippen molar-refractivity contribution in [3.8, 4) is 11.5 Å². The number of nitrogen functional groups attached to an aromatic ring is 1. The summed E-state index contributed by atoms with van der Waals surface area (Å²) in [5.41, 5.74) is 8.34. The Morgan fingerprint density at radius 2 is 1.94 bits per heavy atom. The third-order valence-electron chi connectivity index (χ3n) is 2.59. The minimum atomic E-state index is 0.429. The molecule has 90 valence electrons. The molecule has 3 rings (SSSR count). The maximum Gasteiger partial charge on any atom is 0.228 e. The van der Waals surface area contributed by atoms with E-state index in [2.05, 4.69) is 4.98 Å². The fraction of sp³-hybridized carbons (Fsp3) is 0. The number of oxazole rings is 1. The summed E-state index contributed by atoms with van der Waals surface area (Å²) in [6.45, 7) is 0. The van der Waals surface area contributed by atoms with Crippen LogP contribution in [0.2, 0.25) is 10.0 Å². The summed E-state index contributed by atoms with van der Waals surface area (Å²) in [6.07, 6.45) is 0. The summed E-state index contributed by atoms with van der Waals surface area (Å²) in [4.78, 5) is 4.36. The molecule has 0 fully saturated rings. The number of halogens is 2. The molecule has 0 unspecified atom stereocenters. The van der Waals surface area contributed by atoms with E-state index in [1.807, 2.05) is 6.07 Å². The molecular weight excluding hydrogens is 271 g/mol. The molecule has 0 saturated heterocycles. The van der Waals surface area contributed by atoms with Gasteiger partial charge in [-0.3, -0.25) is 0 Å². The Labute approximate surface area is 113 Å². The molecule has 0 atom stereocenters. The van der Waals surface area contributed by atoms with Gasteiger partial charge in [0.2, 0.25) is 5.89 Å². The van der Waals surface area contributed by atoms with Gasteiger partial charge in [0.05, 0.1) is 15.6 Å². The van der Waals surface area contributed by atoms with Gasteiger partial charge < -0.3 is 10.2 Å². The number of hydrogen-bond donors (Lipinski definition) is 1. The Morgan fingerprint density at radius 1 is 1.11 bits per heavy atom. The number of nitrogens with two attached hydrogens (primary N) is 1. The van der Waals surface area contributed by atoms with Crippen LogP contribution in [-0.2, 0) is 0 Å². The van der Waals surface area contributed by atoms with E-state index >= 15 is 0 Å². The molecule has 5 heteroatoms. The molecule has 0 saturated carbocycles. The van der Waals surface area contributed by atoms with Crippen molar-refractivity contribution >= 4 is 40.0 Å². The van der Waals surface area contributed by atoms with Crippen LogP contribution >= 0.6 is 23.2 Å². The third-order valence-corrected chi connectivity index (χ3v) is 3.41. The normalized spacial score (nSPS) is 11.0. The summed E-state index contributed by atoms with van der Waals surface area (Å²) in [5, 5.41) is 0.898. The molecule has 0 spiro atoms. The van der Waals surface area contributed by atoms with Crippen LogP contribution in [0.3, 0.4) is 0 Å². The smallest absolute Gasteiger partial charge is 0.228 e. The average molecular weight is 279 g/mol. The second-order valence-electron chi connectivity index (χ2n) is 3.85. The summed E-state index contributed by atoms with van der Waals surface area (Å²) in [7, 11) is 0. The predicted molar refractivity (Wildman–Crippen MR) is 73.9 cm³/mol. The molecule has 0 aliphatic rings. The van der Waals surface area contributed by atoms with Gasteiger partial charge in [-0.05, 0) is 24.3 Å². The molecule has 2 aromatic carbocycles. The van der Waals surface area contributed by atoms with Gasteiger partial charge in [-0.25, -0.2) is 4.98 Å². The van der Waals surface area contributed by atoms with Crippen LogP contribution in [0, 0.1) is 0 Å². The fourth-order valence-electron chi connectivity index (χ4n) is 1.73. The van der Waals surface area contributed by atoms with E-state index in [0.29, 0.717) is 32.8 Å². The standard InChI is InChI=1S/C13H8Cl2N2O/c14-9-3-1-2-8(12(9)15)13-17-10-5-4-7(16)6-11(10)18-13/h1-6H,16H2. The Hall–Kier alpha value is -1.71. The Balaban J connectivity index is 2.22. The van der Waals surface area contributed by atoms with Crippen LogP contribution in [-0.4, -0.2) is 4.98 Å². The molecule has 1 heterocycles. The maximum atomic E-state index is 6.13. The van der Waals surface area contributed by atoms with E-state index in [0.717, 1.165) is 5.52 Å². The van der Waals surface area contributed by atoms with Gasteiger partial charge in [-0.2, -0.15) is 0 Å². The van der Waals surface area contributed by atoms with E-state index in [1.165, 1.54) is 0 Å². The highest BCUT2D eigenvalue weighted by Crippen LogP contribution is 2.34. The molecule has 3 aromatic rings. The van der Waals surface area contributed by atoms with Crippen LogP contribution in [0.4, 0.5) is 5.69 Å². The SMILES string of the molecule is Nc1ccc2nc(-c3cccc(Cl)c3Cl)oc2c1. The molecule has 3 nitrogen and oxygen atoms in total. The van der Waals surface area contributed by atoms with E-state index in [1.54, 1.807) is 30.3 Å². The van der Waals surface area contributed by atoms with Crippen molar-refractivity contribution in [1.82, 2.24) is 4.98 Å². The minimum absolute atomic E-state index is 0.429. The zero-order chi connectivity index (χ0) is 12.7. The Morgan fingerprint density at radius 3 is 2.78 bits per heavy atom. The highest BCUT2D eigenvalue weighted by atomic mass is 35.5. The first-order chi connectivity index (χ1) is 8.65. The summed E-state index contributed by atoms with van der Waals surface area (Å²) in [5.74, 6) is 0.433. The average Bonchev–Trinajstić information content (AvgIpc) is 2.75. The molecule has 2 N–H and O–H groups in total. The molecular formula is C13H8Cl2N2O. The quantitative estimate of drug-likeness (QED) is 0.672. The van der Waals surface area contributed by atoms with E-state index in [-0.39, 0.29) is 0 Å². The van der Waals surface area contributed by atoms with Crippen LogP contribution in [0.15, 0.2) is 40.8 Å². The molecule has 1 aromatic heterocycles. The second-order valence-corrected chi connectivity index (χ2v) is 4.63. The zero-order valence-electron chi connectivity index (χ0n) is 9.15. The van der Waals surface area contributed by atoms with Crippen molar-refractivity contribution in [3.63, 3.8) is 0 Å². The van der Waals surface area contributed by atoms with E-state index < -0.39 is 0 Å². The number of rotatable bonds is 1. The summed E-state index contributed by atoms with van der Waals surface area (Å²) < 4.78 is 5.64. The van der Waals surface area contributed by atoms with Crippen LogP contribution in [0.25, 0.3) is 22.6 Å². The van der Waals surface area contributed by atoms with Crippen molar-refractivity contribution in [2.45, 2.75) is 0 Å². The van der Waals surface area contributed by atoms with Crippen LogP contribution in [0.1, 0.15) is 0 Å². The number of anilines is 1. The lowest BCUT2D eigenvalue weighted by molar-refractivity contribution is 0.620. The molecule has 0 aliphatic heterocycles. The number of nitrogens with zero attached hydrogens (tertiary/aromatic N) is 1. The summed E-state index contributed by atoms with van der Waals surface area (Å²) in [6, 6.07) is 10.6. The van der Waals surface area contributed by atoms with Gasteiger partial charge in [-0.15, -0.1) is 0 Å². The van der Waals surface area contributed by atoms with E-state index in [4.69, 9.17) is 33.4 Å². The highest BCUT2D eigenvalue weighted by Gasteiger charge is 2.13. The van der Waals surface area contributed by atoms with Crippen molar-refractivity contribution in [3.05, 3.63) is 46.4 Å². The van der Waals surface area contributed by atoms with E-state index in [9.17, 15) is 0 Å². The fourth-order valence-corrected chi connectivity index (χ4v) is 2.11. The molecule has 0 radical (unpaired) electrons. The van der Waals surface area contributed by atoms with Gasteiger partial charge in [0.15, 0.2) is 5.58 Å². The second kappa shape index (κ2) is 4.19. The first-order valence-electron chi connectivity index (χ1n) is 5.25. The van der Waals surface area contributed by atoms with Crippen LogP contribution < -0.4 is 5.73 Å². The first-order valence-corrected chi connectivity index (χ1v) is 6.01. The lowest BCUT2D eigenvalue weighted by Crippen LogP contribution is -1.81. The van der Waals surface area contributed by atoms with Crippen molar-refractivity contribution in [2.75, 3.05) is 5.73 Å². The highest BCUT2D eigenvalue weighted by molar-refractivity contribution is 6.43. The Kier molecular flexibility index (Phi) is 2.65. The zero-order valence-corrected chi connectivity index (χ0v) is 10.7. The van der Waals surface area contributed by atoms with Crippen molar-refractivity contribution in [1.29, 1.82) is 0 Å². The number of aromatic nitrogens is 1. The van der Waals surface area contributed by atoms with Crippen molar-refractivity contribution < 1.29 is 4.42 Å². The minimum Gasteiger partial charge on any atom is -0.436 e. The third kappa shape index (κ3) is 1.82. The van der Waals surface area contributed by atoms with Crippen molar-refractivity contribution in [2.24, 2.45) is 0 Å². The lowest BCUT2D eigenvalue weighted by atomic mass is 10.2. The predicted octanol–water partition coefficient (Wildman–Crippen LogP) is 4.38. The largest absolute Gasteiger partial charge is 0.436 e. The lowest BCUT2D eigenvalue weighted by Gasteiger charge is -2.00. The molecule has 0 bridgehead atoms. The monoisotopic (exact) mass is 278 g/mol. The van der Waals surface area contributed by atoms with Gasteiger partial charge in [0.25, 0.3) is 0 Å². The summed E-state index contributed by atoms with van der Waals surface area (Å²) >= 11 is 12.1. The number of benzene rings is 2.